The predicted octanol–water partition coefficient (Wildman–Crippen LogP) is 3.08. The van der Waals surface area contributed by atoms with Gasteiger partial charge in [-0.15, -0.1) is 0 Å². The molecular weight excluding hydrogens is 303 g/mol. The third-order valence-electron chi connectivity index (χ3n) is 6.92. The molecule has 4 heteroatoms. The van der Waals surface area contributed by atoms with Crippen molar-refractivity contribution >= 4 is 5.91 Å². The minimum absolute atomic E-state index is 0.135. The first kappa shape index (κ1) is 16.1. The third kappa shape index (κ3) is 2.46. The first-order chi connectivity index (χ1) is 11.5. The van der Waals surface area contributed by atoms with E-state index in [1.165, 1.54) is 25.7 Å². The molecule has 2 N–H and O–H groups in total. The Labute approximate surface area is 143 Å². The summed E-state index contributed by atoms with van der Waals surface area (Å²) in [6.07, 6.45) is 5.42. The van der Waals surface area contributed by atoms with Gasteiger partial charge in [0.05, 0.1) is 0 Å². The summed E-state index contributed by atoms with van der Waals surface area (Å²) in [7, 11) is 0. The number of carbonyl (C=O) groups excluding carboxylic acids is 1. The van der Waals surface area contributed by atoms with Gasteiger partial charge in [0.2, 0.25) is 5.91 Å². The fraction of sp³-hybridized carbons (Fsp3) is 0.650. The van der Waals surface area contributed by atoms with Crippen LogP contribution in [0.4, 0.5) is 4.39 Å². The summed E-state index contributed by atoms with van der Waals surface area (Å²) in [6.45, 7) is 3.66. The topological polar surface area (TPSA) is 46.3 Å². The van der Waals surface area contributed by atoms with E-state index in [1.54, 1.807) is 12.1 Å². The van der Waals surface area contributed by atoms with Gasteiger partial charge >= 0.3 is 0 Å². The quantitative estimate of drug-likeness (QED) is 0.926. The van der Waals surface area contributed by atoms with Crippen LogP contribution in [0.5, 0.6) is 0 Å². The van der Waals surface area contributed by atoms with Crippen LogP contribution >= 0.6 is 0 Å². The summed E-state index contributed by atoms with van der Waals surface area (Å²) in [5, 5.41) is 0. The molecule has 1 amide bonds. The van der Waals surface area contributed by atoms with Gasteiger partial charge in [-0.3, -0.25) is 4.79 Å². The third-order valence-corrected chi connectivity index (χ3v) is 6.92. The van der Waals surface area contributed by atoms with Gasteiger partial charge in [0.1, 0.15) is 5.82 Å². The molecule has 3 aliphatic rings. The molecule has 24 heavy (non-hydrogen) atoms. The van der Waals surface area contributed by atoms with Crippen molar-refractivity contribution in [2.24, 2.45) is 23.5 Å². The first-order valence-corrected chi connectivity index (χ1v) is 9.28. The van der Waals surface area contributed by atoms with Crippen LogP contribution in [-0.4, -0.2) is 29.9 Å². The zero-order valence-corrected chi connectivity index (χ0v) is 14.4. The maximum absolute atomic E-state index is 13.5. The molecule has 0 radical (unpaired) electrons. The highest BCUT2D eigenvalue weighted by molar-refractivity contribution is 5.79. The molecule has 2 bridgehead atoms. The number of halogens is 1. The lowest BCUT2D eigenvalue weighted by Crippen LogP contribution is -2.59. The molecule has 3 fully saturated rings. The highest BCUT2D eigenvalue weighted by Crippen LogP contribution is 2.58. The molecule has 0 aromatic heterocycles. The van der Waals surface area contributed by atoms with Gasteiger partial charge in [-0.1, -0.05) is 25.5 Å². The number of hydrogen-bond donors (Lipinski definition) is 1. The van der Waals surface area contributed by atoms with Gasteiger partial charge in [-0.25, -0.2) is 4.39 Å². The van der Waals surface area contributed by atoms with Crippen molar-refractivity contribution in [2.75, 3.05) is 13.1 Å². The molecule has 1 aliphatic heterocycles. The lowest BCUT2D eigenvalue weighted by atomic mass is 9.56. The van der Waals surface area contributed by atoms with Crippen molar-refractivity contribution in [3.63, 3.8) is 0 Å². The molecule has 1 heterocycles. The summed E-state index contributed by atoms with van der Waals surface area (Å²) >= 11 is 0. The second-order valence-corrected chi connectivity index (χ2v) is 8.30. The van der Waals surface area contributed by atoms with Crippen molar-refractivity contribution in [1.29, 1.82) is 0 Å². The number of carbonyl (C=O) groups is 1. The van der Waals surface area contributed by atoms with Gasteiger partial charge in [0.15, 0.2) is 0 Å². The number of hydrogen-bond acceptors (Lipinski definition) is 2. The van der Waals surface area contributed by atoms with E-state index in [-0.39, 0.29) is 23.2 Å². The summed E-state index contributed by atoms with van der Waals surface area (Å²) in [6, 6.07) is 7.07. The number of nitrogens with two attached hydrogens (primary N) is 1. The summed E-state index contributed by atoms with van der Waals surface area (Å²) in [5.41, 5.74) is 6.86. The summed E-state index contributed by atoms with van der Waals surface area (Å²) in [5.74, 6) is 1.81. The zero-order valence-electron chi connectivity index (χ0n) is 14.4. The van der Waals surface area contributed by atoms with Crippen molar-refractivity contribution < 1.29 is 9.18 Å². The Morgan fingerprint density at radius 2 is 1.96 bits per heavy atom. The van der Waals surface area contributed by atoms with Gasteiger partial charge in [0, 0.05) is 31.0 Å². The van der Waals surface area contributed by atoms with Crippen LogP contribution in [-0.2, 0) is 10.2 Å². The van der Waals surface area contributed by atoms with E-state index in [0.29, 0.717) is 31.3 Å². The second kappa shape index (κ2) is 5.83. The van der Waals surface area contributed by atoms with E-state index < -0.39 is 0 Å². The molecule has 1 aromatic carbocycles. The number of fused-ring (bicyclic) bond motifs is 2. The molecule has 4 atom stereocenters. The molecule has 2 saturated carbocycles. The second-order valence-electron chi connectivity index (χ2n) is 8.30. The molecule has 3 unspecified atom stereocenters. The van der Waals surface area contributed by atoms with Crippen LogP contribution in [0, 0.1) is 23.6 Å². The molecule has 2 aliphatic carbocycles. The lowest BCUT2D eigenvalue weighted by Gasteiger charge is -2.49. The van der Waals surface area contributed by atoms with Crippen LogP contribution < -0.4 is 5.73 Å². The first-order valence-electron chi connectivity index (χ1n) is 9.28. The molecule has 0 spiro atoms. The van der Waals surface area contributed by atoms with E-state index in [0.717, 1.165) is 11.5 Å². The Kier molecular flexibility index (Phi) is 3.91. The van der Waals surface area contributed by atoms with Crippen LogP contribution in [0.3, 0.4) is 0 Å². The predicted molar refractivity (Wildman–Crippen MR) is 91.9 cm³/mol. The highest BCUT2D eigenvalue weighted by Gasteiger charge is 2.53. The average Bonchev–Trinajstić information content (AvgIpc) is 2.94. The van der Waals surface area contributed by atoms with Crippen LogP contribution in [0.2, 0.25) is 0 Å². The monoisotopic (exact) mass is 330 g/mol. The van der Waals surface area contributed by atoms with Crippen LogP contribution in [0.25, 0.3) is 0 Å². The number of amides is 1. The fourth-order valence-electron chi connectivity index (χ4n) is 5.65. The number of nitrogens with zero attached hydrogens (tertiary/aromatic N) is 1. The number of likely N-dealkylation sites (tertiary alicyclic amines) is 1. The summed E-state index contributed by atoms with van der Waals surface area (Å²) < 4.78 is 13.5. The van der Waals surface area contributed by atoms with Crippen molar-refractivity contribution in [3.8, 4) is 0 Å². The van der Waals surface area contributed by atoms with Gasteiger partial charge in [-0.05, 0) is 54.7 Å². The molecule has 1 saturated heterocycles. The van der Waals surface area contributed by atoms with Crippen LogP contribution in [0.1, 0.15) is 44.6 Å². The molecular formula is C20H27FN2O. The number of rotatable bonds is 3. The largest absolute Gasteiger partial charge is 0.339 e. The molecule has 130 valence electrons. The van der Waals surface area contributed by atoms with E-state index in [9.17, 15) is 9.18 Å². The van der Waals surface area contributed by atoms with E-state index >= 15 is 0 Å². The lowest BCUT2D eigenvalue weighted by molar-refractivity contribution is -0.138. The molecule has 4 rings (SSSR count). The van der Waals surface area contributed by atoms with Crippen molar-refractivity contribution in [3.05, 3.63) is 35.6 Å². The van der Waals surface area contributed by atoms with Crippen molar-refractivity contribution in [2.45, 2.75) is 50.5 Å². The zero-order chi connectivity index (χ0) is 16.9. The normalized spacial score (nSPS) is 35.8. The van der Waals surface area contributed by atoms with Crippen LogP contribution in [0.15, 0.2) is 24.3 Å². The molecule has 1 aromatic rings. The summed E-state index contributed by atoms with van der Waals surface area (Å²) in [4.78, 5) is 14.8. The van der Waals surface area contributed by atoms with Crippen molar-refractivity contribution in [1.82, 2.24) is 4.90 Å². The Morgan fingerprint density at radius 3 is 2.62 bits per heavy atom. The van der Waals surface area contributed by atoms with Gasteiger partial charge < -0.3 is 10.6 Å². The minimum Gasteiger partial charge on any atom is -0.339 e. The van der Waals surface area contributed by atoms with Gasteiger partial charge in [0.25, 0.3) is 0 Å². The maximum atomic E-state index is 13.5. The smallest absolute Gasteiger partial charge is 0.223 e. The highest BCUT2D eigenvalue weighted by atomic mass is 19.1. The fourth-order valence-corrected chi connectivity index (χ4v) is 5.65. The Balaban J connectivity index is 1.69. The van der Waals surface area contributed by atoms with E-state index in [1.807, 2.05) is 17.0 Å². The standard InChI is InChI=1S/C20H27FN2O/c1-13-8-14-2-3-16(9-14)20(13,15-4-6-17(21)7-5-15)10-19(24)23-11-18(22)12-23/h4-7,13-14,16,18H,2-3,8-12,22H2,1H3/t13?,14?,16?,20-/m1/s1. The minimum atomic E-state index is -0.207. The van der Waals surface area contributed by atoms with Gasteiger partial charge in [-0.2, -0.15) is 0 Å². The SMILES string of the molecule is CC1CC2CCC(C2)[C@@]1(CC(=O)N1CC(N)C1)c1ccc(F)cc1. The Hall–Kier alpha value is -1.42. The van der Waals surface area contributed by atoms with E-state index in [2.05, 4.69) is 6.92 Å². The number of benzene rings is 1. The Morgan fingerprint density at radius 1 is 1.25 bits per heavy atom. The average molecular weight is 330 g/mol. The Bertz CT molecular complexity index is 625. The molecule has 3 nitrogen and oxygen atoms in total. The van der Waals surface area contributed by atoms with E-state index in [4.69, 9.17) is 5.73 Å². The maximum Gasteiger partial charge on any atom is 0.223 e.